The Morgan fingerprint density at radius 1 is 1.41 bits per heavy atom. The van der Waals surface area contributed by atoms with Crippen molar-refractivity contribution >= 4 is 34.4 Å². The molecule has 3 rings (SSSR count). The number of hydrogen-bond acceptors (Lipinski definition) is 3. The third-order valence-corrected chi connectivity index (χ3v) is 3.66. The van der Waals surface area contributed by atoms with Gasteiger partial charge in [0.25, 0.3) is 0 Å². The van der Waals surface area contributed by atoms with Gasteiger partial charge in [-0.15, -0.1) is 0 Å². The Labute approximate surface area is 107 Å². The van der Waals surface area contributed by atoms with E-state index in [1.54, 1.807) is 6.26 Å². The number of aryl methyl sites for hydroxylation is 1. The van der Waals surface area contributed by atoms with Gasteiger partial charge in [0, 0.05) is 5.02 Å². The van der Waals surface area contributed by atoms with Crippen molar-refractivity contribution in [2.24, 2.45) is 0 Å². The Morgan fingerprint density at radius 3 is 3.06 bits per heavy atom. The van der Waals surface area contributed by atoms with Gasteiger partial charge in [0.05, 0.1) is 17.3 Å². The highest BCUT2D eigenvalue weighted by atomic mass is 35.5. The van der Waals surface area contributed by atoms with Gasteiger partial charge in [-0.3, -0.25) is 0 Å². The van der Waals surface area contributed by atoms with Crippen molar-refractivity contribution in [1.29, 1.82) is 0 Å². The Kier molecular flexibility index (Phi) is 2.61. The van der Waals surface area contributed by atoms with Crippen molar-refractivity contribution in [1.82, 2.24) is 9.97 Å². The standard InChI is InChI=1S/C12H9ClN2OS/c1-7-5-9-10(6-8(7)13)15-12(14-9)17-11-3-2-4-16-11/h2-6H,1H3,(H,14,15). The number of rotatable bonds is 2. The lowest BCUT2D eigenvalue weighted by Gasteiger charge is -1.95. The molecule has 0 saturated carbocycles. The van der Waals surface area contributed by atoms with Crippen LogP contribution in [0.4, 0.5) is 0 Å². The summed E-state index contributed by atoms with van der Waals surface area (Å²) in [6.07, 6.45) is 1.64. The maximum Gasteiger partial charge on any atom is 0.174 e. The van der Waals surface area contributed by atoms with Crippen molar-refractivity contribution in [2.45, 2.75) is 17.2 Å². The molecular weight excluding hydrogens is 256 g/mol. The van der Waals surface area contributed by atoms with Gasteiger partial charge in [-0.05, 0) is 48.5 Å². The Hall–Kier alpha value is -1.39. The van der Waals surface area contributed by atoms with E-state index in [0.717, 1.165) is 31.9 Å². The largest absolute Gasteiger partial charge is 0.458 e. The zero-order valence-electron chi connectivity index (χ0n) is 9.03. The lowest BCUT2D eigenvalue weighted by molar-refractivity contribution is 0.474. The van der Waals surface area contributed by atoms with Crippen LogP contribution in [0.25, 0.3) is 11.0 Å². The quantitative estimate of drug-likeness (QED) is 0.752. The monoisotopic (exact) mass is 264 g/mol. The van der Waals surface area contributed by atoms with E-state index in [0.29, 0.717) is 0 Å². The number of aromatic amines is 1. The molecule has 0 amide bonds. The fourth-order valence-electron chi connectivity index (χ4n) is 1.58. The van der Waals surface area contributed by atoms with Crippen molar-refractivity contribution in [3.05, 3.63) is 41.1 Å². The van der Waals surface area contributed by atoms with Crippen LogP contribution in [-0.4, -0.2) is 9.97 Å². The molecule has 0 aliphatic carbocycles. The molecule has 1 N–H and O–H groups in total. The molecule has 5 heteroatoms. The minimum atomic E-state index is 0.735. The lowest BCUT2D eigenvalue weighted by atomic mass is 10.2. The van der Waals surface area contributed by atoms with Gasteiger partial charge in [-0.1, -0.05) is 11.6 Å². The first-order valence-electron chi connectivity index (χ1n) is 5.09. The average molecular weight is 265 g/mol. The molecule has 2 heterocycles. The van der Waals surface area contributed by atoms with E-state index in [1.165, 1.54) is 11.8 Å². The number of hydrogen-bond donors (Lipinski definition) is 1. The van der Waals surface area contributed by atoms with Crippen LogP contribution < -0.4 is 0 Å². The highest BCUT2D eigenvalue weighted by Crippen LogP contribution is 2.29. The number of nitrogens with zero attached hydrogens (tertiary/aromatic N) is 1. The average Bonchev–Trinajstić information content (AvgIpc) is 2.89. The topological polar surface area (TPSA) is 41.8 Å². The number of imidazole rings is 1. The number of H-pyrrole nitrogens is 1. The normalized spacial score (nSPS) is 11.2. The summed E-state index contributed by atoms with van der Waals surface area (Å²) < 4.78 is 5.26. The molecule has 0 spiro atoms. The number of halogens is 1. The molecule has 0 fully saturated rings. The van der Waals surface area contributed by atoms with Crippen molar-refractivity contribution in [3.8, 4) is 0 Å². The molecule has 3 aromatic rings. The Morgan fingerprint density at radius 2 is 2.29 bits per heavy atom. The highest BCUT2D eigenvalue weighted by molar-refractivity contribution is 7.99. The molecule has 86 valence electrons. The van der Waals surface area contributed by atoms with Crippen molar-refractivity contribution in [3.63, 3.8) is 0 Å². The smallest absolute Gasteiger partial charge is 0.174 e. The lowest BCUT2D eigenvalue weighted by Crippen LogP contribution is -1.75. The van der Waals surface area contributed by atoms with Crippen LogP contribution in [0.2, 0.25) is 5.02 Å². The fourth-order valence-corrected chi connectivity index (χ4v) is 2.49. The van der Waals surface area contributed by atoms with Gasteiger partial charge >= 0.3 is 0 Å². The number of benzene rings is 1. The molecule has 17 heavy (non-hydrogen) atoms. The zero-order valence-corrected chi connectivity index (χ0v) is 10.6. The highest BCUT2D eigenvalue weighted by Gasteiger charge is 2.08. The van der Waals surface area contributed by atoms with Crippen molar-refractivity contribution < 1.29 is 4.42 Å². The first-order valence-corrected chi connectivity index (χ1v) is 6.29. The van der Waals surface area contributed by atoms with Crippen LogP contribution in [0, 0.1) is 6.92 Å². The summed E-state index contributed by atoms with van der Waals surface area (Å²) in [5, 5.41) is 2.35. The number of aromatic nitrogens is 2. The molecule has 0 radical (unpaired) electrons. The van der Waals surface area contributed by atoms with Gasteiger partial charge in [0.2, 0.25) is 0 Å². The summed E-state index contributed by atoms with van der Waals surface area (Å²) in [4.78, 5) is 7.69. The zero-order chi connectivity index (χ0) is 11.8. The Balaban J connectivity index is 2.02. The molecular formula is C12H9ClN2OS. The third kappa shape index (κ3) is 2.06. The predicted octanol–water partition coefficient (Wildman–Crippen LogP) is 4.27. The second kappa shape index (κ2) is 4.13. The van der Waals surface area contributed by atoms with Crippen LogP contribution in [-0.2, 0) is 0 Å². The second-order valence-corrected chi connectivity index (χ2v) is 5.10. The predicted molar refractivity (Wildman–Crippen MR) is 68.7 cm³/mol. The number of nitrogens with one attached hydrogen (secondary N) is 1. The number of fused-ring (bicyclic) bond motifs is 1. The van der Waals surface area contributed by atoms with E-state index in [-0.39, 0.29) is 0 Å². The summed E-state index contributed by atoms with van der Waals surface area (Å²) in [6.45, 7) is 1.97. The Bertz CT molecular complexity index is 622. The molecule has 3 nitrogen and oxygen atoms in total. The van der Waals surface area contributed by atoms with Crippen LogP contribution in [0.3, 0.4) is 0 Å². The summed E-state index contributed by atoms with van der Waals surface area (Å²) in [7, 11) is 0. The van der Waals surface area contributed by atoms with Gasteiger partial charge in [0.15, 0.2) is 10.2 Å². The molecule has 0 aliphatic heterocycles. The van der Waals surface area contributed by atoms with E-state index in [9.17, 15) is 0 Å². The van der Waals surface area contributed by atoms with Crippen LogP contribution in [0.1, 0.15) is 5.56 Å². The van der Waals surface area contributed by atoms with Crippen LogP contribution >= 0.6 is 23.4 Å². The summed E-state index contributed by atoms with van der Waals surface area (Å²) in [5.41, 5.74) is 2.90. The van der Waals surface area contributed by atoms with Crippen LogP contribution in [0.15, 0.2) is 45.2 Å². The van der Waals surface area contributed by atoms with E-state index >= 15 is 0 Å². The third-order valence-electron chi connectivity index (χ3n) is 2.43. The molecule has 1 aromatic carbocycles. The first-order chi connectivity index (χ1) is 8.22. The summed E-state index contributed by atoms with van der Waals surface area (Å²) in [6, 6.07) is 7.62. The first kappa shape index (κ1) is 10.7. The molecule has 0 bridgehead atoms. The maximum absolute atomic E-state index is 6.06. The van der Waals surface area contributed by atoms with E-state index < -0.39 is 0 Å². The molecule has 2 aromatic heterocycles. The van der Waals surface area contributed by atoms with Crippen molar-refractivity contribution in [2.75, 3.05) is 0 Å². The minimum absolute atomic E-state index is 0.735. The van der Waals surface area contributed by atoms with E-state index in [1.807, 2.05) is 31.2 Å². The van der Waals surface area contributed by atoms with Gasteiger partial charge in [-0.25, -0.2) is 4.98 Å². The summed E-state index contributed by atoms with van der Waals surface area (Å²) in [5.74, 6) is 0. The molecule has 0 unspecified atom stereocenters. The summed E-state index contributed by atoms with van der Waals surface area (Å²) >= 11 is 7.52. The minimum Gasteiger partial charge on any atom is -0.458 e. The second-order valence-electron chi connectivity index (χ2n) is 3.69. The van der Waals surface area contributed by atoms with E-state index in [2.05, 4.69) is 9.97 Å². The van der Waals surface area contributed by atoms with Gasteiger partial charge in [-0.2, -0.15) is 0 Å². The van der Waals surface area contributed by atoms with Gasteiger partial charge < -0.3 is 9.40 Å². The van der Waals surface area contributed by atoms with E-state index in [4.69, 9.17) is 16.0 Å². The molecule has 0 aliphatic rings. The SMILES string of the molecule is Cc1cc2[nH]c(Sc3ccco3)nc2cc1Cl. The molecule has 0 atom stereocenters. The van der Waals surface area contributed by atoms with Crippen LogP contribution in [0.5, 0.6) is 0 Å². The number of furan rings is 1. The molecule has 0 saturated heterocycles. The van der Waals surface area contributed by atoms with Gasteiger partial charge in [0.1, 0.15) is 0 Å². The maximum atomic E-state index is 6.06. The fraction of sp³-hybridized carbons (Fsp3) is 0.0833.